The zero-order chi connectivity index (χ0) is 18.7. The third-order valence-corrected chi connectivity index (χ3v) is 5.97. The van der Waals surface area contributed by atoms with Gasteiger partial charge in [-0.3, -0.25) is 4.79 Å². The fourth-order valence-electron chi connectivity index (χ4n) is 2.88. The van der Waals surface area contributed by atoms with Crippen molar-refractivity contribution in [3.8, 4) is 5.75 Å². The fraction of sp³-hybridized carbons (Fsp3) is 0.278. The quantitative estimate of drug-likeness (QED) is 0.864. The van der Waals surface area contributed by atoms with Gasteiger partial charge in [-0.1, -0.05) is 12.1 Å². The van der Waals surface area contributed by atoms with Crippen LogP contribution in [0.15, 0.2) is 53.4 Å². The van der Waals surface area contributed by atoms with E-state index >= 15 is 0 Å². The average Bonchev–Trinajstić information content (AvgIpc) is 2.63. The number of sulfonamides is 1. The van der Waals surface area contributed by atoms with Crippen LogP contribution < -0.4 is 10.1 Å². The van der Waals surface area contributed by atoms with Crippen LogP contribution in [0.3, 0.4) is 0 Å². The minimum absolute atomic E-state index is 0.0720. The van der Waals surface area contributed by atoms with Gasteiger partial charge in [0.05, 0.1) is 11.5 Å². The molecule has 1 N–H and O–H groups in total. The number of ether oxygens (including phenoxy) is 1. The molecule has 1 saturated heterocycles. The van der Waals surface area contributed by atoms with Gasteiger partial charge in [0, 0.05) is 13.1 Å². The van der Waals surface area contributed by atoms with Crippen molar-refractivity contribution < 1.29 is 22.3 Å². The molecule has 0 saturated carbocycles. The molecule has 1 aliphatic heterocycles. The monoisotopic (exact) mass is 378 g/mol. The van der Waals surface area contributed by atoms with Crippen molar-refractivity contribution in [2.45, 2.75) is 17.9 Å². The molecule has 26 heavy (non-hydrogen) atoms. The maximum Gasteiger partial charge on any atom is 0.244 e. The molecule has 8 heteroatoms. The number of nitrogens with one attached hydrogen (secondary N) is 1. The smallest absolute Gasteiger partial charge is 0.244 e. The van der Waals surface area contributed by atoms with Crippen molar-refractivity contribution in [1.82, 2.24) is 9.62 Å². The molecule has 1 fully saturated rings. The van der Waals surface area contributed by atoms with E-state index in [4.69, 9.17) is 4.74 Å². The fourth-order valence-corrected chi connectivity index (χ4v) is 4.45. The van der Waals surface area contributed by atoms with E-state index in [-0.39, 0.29) is 18.0 Å². The summed E-state index contributed by atoms with van der Waals surface area (Å²) in [5, 5.41) is 2.67. The van der Waals surface area contributed by atoms with Gasteiger partial charge in [-0.2, -0.15) is 4.31 Å². The number of carbonyl (C=O) groups is 1. The number of halogens is 1. The van der Waals surface area contributed by atoms with E-state index in [9.17, 15) is 17.6 Å². The van der Waals surface area contributed by atoms with Gasteiger partial charge in [0.2, 0.25) is 15.9 Å². The first kappa shape index (κ1) is 18.3. The largest absolute Gasteiger partial charge is 0.494 e. The normalized spacial score (nSPS) is 18.4. The number of piperazine rings is 1. The summed E-state index contributed by atoms with van der Waals surface area (Å²) in [4.78, 5) is 12.4. The Labute approximate surface area is 151 Å². The molecule has 1 unspecified atom stereocenters. The van der Waals surface area contributed by atoms with E-state index in [2.05, 4.69) is 5.32 Å². The summed E-state index contributed by atoms with van der Waals surface area (Å²) in [6, 6.07) is 10.3. The van der Waals surface area contributed by atoms with Crippen LogP contribution in [0.4, 0.5) is 4.39 Å². The average molecular weight is 378 g/mol. The third kappa shape index (κ3) is 3.56. The van der Waals surface area contributed by atoms with Crippen LogP contribution in [0.5, 0.6) is 5.75 Å². The van der Waals surface area contributed by atoms with Crippen molar-refractivity contribution >= 4 is 15.9 Å². The molecule has 0 radical (unpaired) electrons. The van der Waals surface area contributed by atoms with E-state index in [1.165, 1.54) is 36.4 Å². The summed E-state index contributed by atoms with van der Waals surface area (Å²) in [5.41, 5.74) is 0.415. The Bertz CT molecular complexity index is 882. The van der Waals surface area contributed by atoms with E-state index in [0.717, 1.165) is 4.31 Å². The molecule has 0 aliphatic carbocycles. The summed E-state index contributed by atoms with van der Waals surface area (Å²) in [7, 11) is -3.91. The highest BCUT2D eigenvalue weighted by Crippen LogP contribution is 2.30. The molecule has 0 aromatic heterocycles. The van der Waals surface area contributed by atoms with Gasteiger partial charge < -0.3 is 10.1 Å². The molecule has 0 bridgehead atoms. The number of carbonyl (C=O) groups excluding carboxylic acids is 1. The number of benzene rings is 2. The van der Waals surface area contributed by atoms with Crippen LogP contribution in [0, 0.1) is 5.82 Å². The van der Waals surface area contributed by atoms with Crippen LogP contribution in [0.1, 0.15) is 18.5 Å². The molecule has 3 rings (SSSR count). The van der Waals surface area contributed by atoms with Gasteiger partial charge in [0.1, 0.15) is 17.6 Å². The first-order valence-electron chi connectivity index (χ1n) is 8.21. The predicted molar refractivity (Wildman–Crippen MR) is 93.7 cm³/mol. The standard InChI is InChI=1S/C18H19FN2O4S/c1-2-25-15-7-9-16(10-8-15)26(23,24)21-12-11-20-18(22)17(21)13-3-5-14(19)6-4-13/h3-10,17H,2,11-12H2,1H3,(H,20,22). The summed E-state index contributed by atoms with van der Waals surface area (Å²) >= 11 is 0. The zero-order valence-electron chi connectivity index (χ0n) is 14.2. The van der Waals surface area contributed by atoms with Gasteiger partial charge in [-0.05, 0) is 48.9 Å². The van der Waals surface area contributed by atoms with Crippen LogP contribution in [0.2, 0.25) is 0 Å². The molecule has 1 aliphatic rings. The highest BCUT2D eigenvalue weighted by atomic mass is 32.2. The predicted octanol–water partition coefficient (Wildman–Crippen LogP) is 2.09. The van der Waals surface area contributed by atoms with Gasteiger partial charge in [-0.15, -0.1) is 0 Å². The molecule has 0 spiro atoms. The molecular formula is C18H19FN2O4S. The highest BCUT2D eigenvalue weighted by molar-refractivity contribution is 7.89. The minimum atomic E-state index is -3.91. The number of hydrogen-bond acceptors (Lipinski definition) is 4. The Morgan fingerprint density at radius 2 is 1.81 bits per heavy atom. The lowest BCUT2D eigenvalue weighted by molar-refractivity contribution is -0.126. The van der Waals surface area contributed by atoms with Gasteiger partial charge in [0.25, 0.3) is 0 Å². The lowest BCUT2D eigenvalue weighted by atomic mass is 10.0. The van der Waals surface area contributed by atoms with E-state index < -0.39 is 27.8 Å². The lowest BCUT2D eigenvalue weighted by Gasteiger charge is -2.34. The third-order valence-electron chi connectivity index (χ3n) is 4.09. The second kappa shape index (κ2) is 7.43. The summed E-state index contributed by atoms with van der Waals surface area (Å²) < 4.78 is 45.8. The molecule has 1 heterocycles. The first-order chi connectivity index (χ1) is 12.4. The van der Waals surface area contributed by atoms with Crippen LogP contribution in [0.25, 0.3) is 0 Å². The van der Waals surface area contributed by atoms with Crippen molar-refractivity contribution in [2.24, 2.45) is 0 Å². The van der Waals surface area contributed by atoms with Crippen molar-refractivity contribution in [3.63, 3.8) is 0 Å². The molecule has 2 aromatic rings. The van der Waals surface area contributed by atoms with Gasteiger partial charge in [-0.25, -0.2) is 12.8 Å². The number of hydrogen-bond donors (Lipinski definition) is 1. The Kier molecular flexibility index (Phi) is 5.24. The first-order valence-corrected chi connectivity index (χ1v) is 9.65. The number of nitrogens with zero attached hydrogens (tertiary/aromatic N) is 1. The van der Waals surface area contributed by atoms with Crippen molar-refractivity contribution in [2.75, 3.05) is 19.7 Å². The lowest BCUT2D eigenvalue weighted by Crippen LogP contribution is -2.52. The van der Waals surface area contributed by atoms with E-state index in [1.807, 2.05) is 6.92 Å². The summed E-state index contributed by atoms with van der Waals surface area (Å²) in [6.45, 7) is 2.66. The molecule has 6 nitrogen and oxygen atoms in total. The molecule has 138 valence electrons. The van der Waals surface area contributed by atoms with E-state index in [1.54, 1.807) is 12.1 Å². The maximum atomic E-state index is 13.2. The molecule has 1 amide bonds. The minimum Gasteiger partial charge on any atom is -0.494 e. The van der Waals surface area contributed by atoms with Crippen LogP contribution >= 0.6 is 0 Å². The Hall–Kier alpha value is -2.45. The zero-order valence-corrected chi connectivity index (χ0v) is 15.0. The van der Waals surface area contributed by atoms with Crippen LogP contribution in [-0.4, -0.2) is 38.3 Å². The van der Waals surface area contributed by atoms with Gasteiger partial charge >= 0.3 is 0 Å². The van der Waals surface area contributed by atoms with Gasteiger partial charge in [0.15, 0.2) is 0 Å². The van der Waals surface area contributed by atoms with E-state index in [0.29, 0.717) is 17.9 Å². The number of rotatable bonds is 5. The second-order valence-electron chi connectivity index (χ2n) is 5.77. The number of amides is 1. The summed E-state index contributed by atoms with van der Waals surface area (Å²) in [5.74, 6) is -0.318. The van der Waals surface area contributed by atoms with Crippen molar-refractivity contribution in [1.29, 1.82) is 0 Å². The topological polar surface area (TPSA) is 75.7 Å². The Morgan fingerprint density at radius 1 is 1.15 bits per heavy atom. The Balaban J connectivity index is 1.97. The molecular weight excluding hydrogens is 359 g/mol. The highest BCUT2D eigenvalue weighted by Gasteiger charge is 2.39. The molecule has 2 aromatic carbocycles. The Morgan fingerprint density at radius 3 is 2.42 bits per heavy atom. The van der Waals surface area contributed by atoms with Crippen molar-refractivity contribution in [3.05, 3.63) is 59.9 Å². The SMILES string of the molecule is CCOc1ccc(S(=O)(=O)N2CCNC(=O)C2c2ccc(F)cc2)cc1. The second-order valence-corrected chi connectivity index (χ2v) is 7.66. The van der Waals surface area contributed by atoms with Crippen LogP contribution in [-0.2, 0) is 14.8 Å². The summed E-state index contributed by atoms with van der Waals surface area (Å²) in [6.07, 6.45) is 0. The maximum absolute atomic E-state index is 13.2. The molecule has 1 atom stereocenters.